The lowest BCUT2D eigenvalue weighted by Crippen LogP contribution is -2.68. The number of esters is 1. The Hall–Kier alpha value is -1.45. The first kappa shape index (κ1) is 30.6. The largest absolute Gasteiger partial charge is 0.439 e. The minimum Gasteiger partial charge on any atom is -0.439 e. The summed E-state index contributed by atoms with van der Waals surface area (Å²) in [6.07, 6.45) is -31.4. The molecule has 2 atom stereocenters. The van der Waals surface area contributed by atoms with Crippen LogP contribution in [-0.4, -0.2) is 55.8 Å². The van der Waals surface area contributed by atoms with Crippen molar-refractivity contribution in [3.63, 3.8) is 0 Å². The maximum absolute atomic E-state index is 13.9. The van der Waals surface area contributed by atoms with E-state index in [2.05, 4.69) is 14.2 Å². The maximum Gasteiger partial charge on any atom is 0.437 e. The van der Waals surface area contributed by atoms with Crippen molar-refractivity contribution in [3.8, 4) is 0 Å². The van der Waals surface area contributed by atoms with E-state index in [1.165, 1.54) is 6.92 Å². The van der Waals surface area contributed by atoms with Crippen LogP contribution in [0.5, 0.6) is 0 Å². The Kier molecular flexibility index (Phi) is 9.24. The van der Waals surface area contributed by atoms with Crippen molar-refractivity contribution in [3.05, 3.63) is 0 Å². The molecular formula is C18H22F12O4. The van der Waals surface area contributed by atoms with Crippen LogP contribution in [-0.2, 0) is 19.0 Å². The SMILES string of the molecule is CCCC(=O)OC(C1CCCC(C(OCOC)(C(F)(F)F)C(F)(F)F)C1)(C(F)(F)F)C(F)(F)F. The summed E-state index contributed by atoms with van der Waals surface area (Å²) in [4.78, 5) is 11.7. The average Bonchev–Trinajstić information content (AvgIpc) is 2.63. The van der Waals surface area contributed by atoms with Crippen molar-refractivity contribution in [1.29, 1.82) is 0 Å². The first-order valence-electron chi connectivity index (χ1n) is 9.84. The Morgan fingerprint density at radius 2 is 1.18 bits per heavy atom. The van der Waals surface area contributed by atoms with E-state index >= 15 is 0 Å². The van der Waals surface area contributed by atoms with Crippen molar-refractivity contribution in [1.82, 2.24) is 0 Å². The molecule has 0 aromatic heterocycles. The van der Waals surface area contributed by atoms with Crippen LogP contribution >= 0.6 is 0 Å². The summed E-state index contributed by atoms with van der Waals surface area (Å²) in [7, 11) is 0.673. The molecule has 1 aliphatic rings. The fourth-order valence-corrected chi connectivity index (χ4v) is 4.24. The van der Waals surface area contributed by atoms with Crippen molar-refractivity contribution in [2.24, 2.45) is 11.8 Å². The van der Waals surface area contributed by atoms with Gasteiger partial charge in [0.15, 0.2) is 0 Å². The van der Waals surface area contributed by atoms with Crippen LogP contribution in [0.2, 0.25) is 0 Å². The maximum atomic E-state index is 13.9. The third-order valence-electron chi connectivity index (χ3n) is 5.64. The second kappa shape index (κ2) is 10.3. The van der Waals surface area contributed by atoms with Gasteiger partial charge < -0.3 is 14.2 Å². The van der Waals surface area contributed by atoms with Gasteiger partial charge in [-0.1, -0.05) is 13.3 Å². The minimum absolute atomic E-state index is 0.228. The van der Waals surface area contributed by atoms with Gasteiger partial charge in [-0.05, 0) is 25.7 Å². The molecule has 0 aromatic carbocycles. The van der Waals surface area contributed by atoms with Gasteiger partial charge in [-0.15, -0.1) is 0 Å². The monoisotopic (exact) mass is 530 g/mol. The van der Waals surface area contributed by atoms with Gasteiger partial charge in [-0.2, -0.15) is 52.7 Å². The van der Waals surface area contributed by atoms with Gasteiger partial charge in [0, 0.05) is 25.4 Å². The quantitative estimate of drug-likeness (QED) is 0.205. The molecule has 0 aliphatic heterocycles. The Morgan fingerprint density at radius 3 is 1.53 bits per heavy atom. The van der Waals surface area contributed by atoms with Crippen LogP contribution in [0, 0.1) is 11.8 Å². The van der Waals surface area contributed by atoms with Gasteiger partial charge in [0.2, 0.25) is 0 Å². The van der Waals surface area contributed by atoms with Crippen LogP contribution in [0.25, 0.3) is 0 Å². The van der Waals surface area contributed by atoms with E-state index < -0.39 is 92.6 Å². The lowest BCUT2D eigenvalue weighted by Gasteiger charge is -2.49. The van der Waals surface area contributed by atoms with Gasteiger partial charge in [-0.3, -0.25) is 4.79 Å². The van der Waals surface area contributed by atoms with E-state index in [0.29, 0.717) is 7.11 Å². The summed E-state index contributed by atoms with van der Waals surface area (Å²) < 4.78 is 178. The lowest BCUT2D eigenvalue weighted by molar-refractivity contribution is -0.418. The van der Waals surface area contributed by atoms with Crippen LogP contribution in [0.3, 0.4) is 0 Å². The van der Waals surface area contributed by atoms with E-state index in [9.17, 15) is 57.5 Å². The van der Waals surface area contributed by atoms with E-state index in [1.807, 2.05) is 0 Å². The highest BCUT2D eigenvalue weighted by atomic mass is 19.4. The molecule has 1 rings (SSSR count). The molecule has 1 saturated carbocycles. The normalized spacial score (nSPS) is 21.5. The second-order valence-corrected chi connectivity index (χ2v) is 7.80. The summed E-state index contributed by atoms with van der Waals surface area (Å²) in [5.74, 6) is -7.87. The second-order valence-electron chi connectivity index (χ2n) is 7.80. The molecule has 0 N–H and O–H groups in total. The van der Waals surface area contributed by atoms with Gasteiger partial charge in [0.25, 0.3) is 5.60 Å². The minimum atomic E-state index is -6.40. The number of ether oxygens (including phenoxy) is 3. The summed E-state index contributed by atoms with van der Waals surface area (Å²) >= 11 is 0. The van der Waals surface area contributed by atoms with Crippen LogP contribution in [0.1, 0.15) is 45.4 Å². The molecule has 0 bridgehead atoms. The Balaban J connectivity index is 3.70. The molecule has 2 unspecified atom stereocenters. The zero-order valence-corrected chi connectivity index (χ0v) is 17.8. The Bertz CT molecular complexity index is 652. The standard InChI is InChI=1S/C18H22F12O4/c1-3-5-12(31)34-14(17(25,26)27,18(28,29)30)11-7-4-6-10(8-11)13(15(19,20)21,16(22,23)24)33-9-32-2/h10-11H,3-9H2,1-2H3. The van der Waals surface area contributed by atoms with Crippen LogP contribution < -0.4 is 0 Å². The zero-order valence-electron chi connectivity index (χ0n) is 17.8. The average molecular weight is 530 g/mol. The first-order chi connectivity index (χ1) is 15.2. The fraction of sp³-hybridized carbons (Fsp3) is 0.944. The summed E-state index contributed by atoms with van der Waals surface area (Å²) in [5, 5.41) is 0. The van der Waals surface area contributed by atoms with Crippen LogP contribution in [0.4, 0.5) is 52.7 Å². The number of alkyl halides is 12. The molecule has 16 heteroatoms. The fourth-order valence-electron chi connectivity index (χ4n) is 4.24. The van der Waals surface area contributed by atoms with Gasteiger partial charge in [-0.25, -0.2) is 0 Å². The van der Waals surface area contributed by atoms with Crippen LogP contribution in [0.15, 0.2) is 0 Å². The molecule has 0 radical (unpaired) electrons. The lowest BCUT2D eigenvalue weighted by atomic mass is 9.66. The highest BCUT2D eigenvalue weighted by Gasteiger charge is 2.80. The highest BCUT2D eigenvalue weighted by molar-refractivity contribution is 5.70. The van der Waals surface area contributed by atoms with E-state index in [0.717, 1.165) is 0 Å². The topological polar surface area (TPSA) is 44.8 Å². The number of halogens is 12. The molecule has 4 nitrogen and oxygen atoms in total. The van der Waals surface area contributed by atoms with Gasteiger partial charge in [0.1, 0.15) is 6.79 Å². The molecule has 0 amide bonds. The molecule has 1 aliphatic carbocycles. The highest BCUT2D eigenvalue weighted by Crippen LogP contribution is 2.60. The summed E-state index contributed by atoms with van der Waals surface area (Å²) in [5.41, 5.74) is -10.4. The number of carbonyl (C=O) groups excluding carboxylic acids is 1. The predicted molar refractivity (Wildman–Crippen MR) is 89.1 cm³/mol. The molecule has 34 heavy (non-hydrogen) atoms. The van der Waals surface area contributed by atoms with Gasteiger partial charge >= 0.3 is 36.3 Å². The molecule has 0 heterocycles. The van der Waals surface area contributed by atoms with E-state index in [1.54, 1.807) is 0 Å². The third-order valence-corrected chi connectivity index (χ3v) is 5.64. The summed E-state index contributed by atoms with van der Waals surface area (Å²) in [6.45, 7) is -0.371. The summed E-state index contributed by atoms with van der Waals surface area (Å²) in [6, 6.07) is 0. The van der Waals surface area contributed by atoms with Crippen molar-refractivity contribution in [2.45, 2.75) is 81.4 Å². The number of hydrogen-bond acceptors (Lipinski definition) is 4. The predicted octanol–water partition coefficient (Wildman–Crippen LogP) is 6.48. The molecule has 0 spiro atoms. The third kappa shape index (κ3) is 5.51. The molecule has 0 aromatic rings. The van der Waals surface area contributed by atoms with Crippen molar-refractivity contribution in [2.75, 3.05) is 13.9 Å². The Labute approximate surface area is 185 Å². The number of hydrogen-bond donors (Lipinski definition) is 0. The first-order valence-corrected chi connectivity index (χ1v) is 9.84. The smallest absolute Gasteiger partial charge is 0.437 e. The van der Waals surface area contributed by atoms with Crippen molar-refractivity contribution >= 4 is 5.97 Å². The van der Waals surface area contributed by atoms with E-state index in [-0.39, 0.29) is 6.42 Å². The molecule has 0 saturated heterocycles. The number of rotatable bonds is 8. The van der Waals surface area contributed by atoms with E-state index in [4.69, 9.17) is 0 Å². The van der Waals surface area contributed by atoms with Crippen molar-refractivity contribution < 1.29 is 71.7 Å². The molecule has 1 fully saturated rings. The number of methoxy groups -OCH3 is 1. The zero-order chi connectivity index (χ0) is 26.8. The molecule has 202 valence electrons. The number of carbonyl (C=O) groups is 1. The van der Waals surface area contributed by atoms with Gasteiger partial charge in [0.05, 0.1) is 0 Å². The molecular weight excluding hydrogens is 508 g/mol. The Morgan fingerprint density at radius 1 is 0.765 bits per heavy atom.